The molecule has 0 fully saturated rings. The lowest BCUT2D eigenvalue weighted by Crippen LogP contribution is -2.23. The Bertz CT molecular complexity index is 132. The van der Waals surface area contributed by atoms with Crippen LogP contribution in [0, 0.1) is 5.41 Å². The molecule has 0 atom stereocenters. The zero-order valence-electron chi connectivity index (χ0n) is 6.72. The average Bonchev–Trinajstić information content (AvgIpc) is 1.89. The molecule has 1 N–H and O–H groups in total. The fourth-order valence-electron chi connectivity index (χ4n) is 0.552. The highest BCUT2D eigenvalue weighted by Crippen LogP contribution is 1.86. The van der Waals surface area contributed by atoms with Crippen LogP contribution in [0.25, 0.3) is 0 Å². The summed E-state index contributed by atoms with van der Waals surface area (Å²) in [4.78, 5) is 1.71. The monoisotopic (exact) mass is 142 g/mol. The van der Waals surface area contributed by atoms with Gasteiger partial charge in [0.2, 0.25) is 0 Å². The van der Waals surface area contributed by atoms with Crippen LogP contribution in [0.2, 0.25) is 0 Å². The van der Waals surface area contributed by atoms with Crippen LogP contribution in [0.4, 0.5) is 0 Å². The van der Waals surface area contributed by atoms with Gasteiger partial charge in [-0.05, 0) is 6.92 Å². The van der Waals surface area contributed by atoms with Crippen molar-refractivity contribution in [2.24, 2.45) is 0 Å². The minimum absolute atomic E-state index is 0.362. The van der Waals surface area contributed by atoms with E-state index in [1.165, 1.54) is 0 Å². The Kier molecular flexibility index (Phi) is 4.58. The summed E-state index contributed by atoms with van der Waals surface area (Å²) in [7, 11) is 3.40. The van der Waals surface area contributed by atoms with E-state index in [1.807, 2.05) is 26.2 Å². The Labute approximate surface area is 61.8 Å². The summed E-state index contributed by atoms with van der Waals surface area (Å²) in [5.41, 5.74) is 0. The summed E-state index contributed by atoms with van der Waals surface area (Å²) in [5, 5.41) is 7.35. The van der Waals surface area contributed by atoms with E-state index < -0.39 is 0 Å². The van der Waals surface area contributed by atoms with E-state index in [4.69, 9.17) is 10.1 Å². The quantitative estimate of drug-likeness (QED) is 0.472. The number of hydrogen-bond acceptors (Lipinski definition) is 2. The molecule has 0 radical (unpaired) electrons. The first-order valence-corrected chi connectivity index (χ1v) is 3.14. The Morgan fingerprint density at radius 1 is 1.70 bits per heavy atom. The normalized spacial score (nSPS) is 10.3. The lowest BCUT2D eigenvalue weighted by molar-refractivity contribution is 0.237. The Morgan fingerprint density at radius 3 is 2.70 bits per heavy atom. The van der Waals surface area contributed by atoms with Crippen LogP contribution in [0.3, 0.4) is 0 Å². The summed E-state index contributed by atoms with van der Waals surface area (Å²) < 4.78 is 4.77. The molecule has 0 saturated heterocycles. The van der Waals surface area contributed by atoms with Gasteiger partial charge < -0.3 is 9.64 Å². The number of hydrogen-bond donors (Lipinski definition) is 1. The fraction of sp³-hybridized carbons (Fsp3) is 0.571. The highest BCUT2D eigenvalue weighted by atomic mass is 16.5. The molecule has 0 spiro atoms. The molecule has 0 aromatic carbocycles. The Balaban J connectivity index is 3.70. The molecule has 0 heterocycles. The van der Waals surface area contributed by atoms with E-state index in [0.29, 0.717) is 12.4 Å². The molecule has 58 valence electrons. The molecule has 0 aromatic rings. The molecule has 10 heavy (non-hydrogen) atoms. The van der Waals surface area contributed by atoms with Gasteiger partial charge in [-0.15, -0.1) is 0 Å². The number of rotatable bonds is 3. The molecule has 0 rings (SSSR count). The minimum atomic E-state index is 0.362. The van der Waals surface area contributed by atoms with Gasteiger partial charge in [0.15, 0.2) is 0 Å². The van der Waals surface area contributed by atoms with Crippen LogP contribution in [-0.4, -0.2) is 31.5 Å². The molecular formula is C7H14N2O. The first-order chi connectivity index (χ1) is 4.72. The number of methoxy groups -OCH3 is 1. The second-order valence-corrected chi connectivity index (χ2v) is 1.97. The molecule has 0 bridgehead atoms. The van der Waals surface area contributed by atoms with Gasteiger partial charge in [0.1, 0.15) is 12.4 Å². The predicted molar refractivity (Wildman–Crippen MR) is 42.2 cm³/mol. The lowest BCUT2D eigenvalue weighted by Gasteiger charge is -2.13. The van der Waals surface area contributed by atoms with Gasteiger partial charge in [-0.1, -0.05) is 6.08 Å². The van der Waals surface area contributed by atoms with E-state index in [9.17, 15) is 0 Å². The topological polar surface area (TPSA) is 36.3 Å². The highest BCUT2D eigenvalue weighted by Gasteiger charge is 1.97. The first-order valence-electron chi connectivity index (χ1n) is 3.14. The molecule has 0 aliphatic heterocycles. The van der Waals surface area contributed by atoms with E-state index in [1.54, 1.807) is 12.0 Å². The number of nitrogens with zero attached hydrogens (tertiary/aromatic N) is 1. The maximum Gasteiger partial charge on any atom is 0.126 e. The van der Waals surface area contributed by atoms with Gasteiger partial charge in [-0.3, -0.25) is 5.41 Å². The number of nitrogens with one attached hydrogen (secondary N) is 1. The van der Waals surface area contributed by atoms with Gasteiger partial charge in [0.05, 0.1) is 0 Å². The van der Waals surface area contributed by atoms with Gasteiger partial charge >= 0.3 is 0 Å². The Morgan fingerprint density at radius 2 is 2.30 bits per heavy atom. The van der Waals surface area contributed by atoms with E-state index in [0.717, 1.165) is 0 Å². The summed E-state index contributed by atoms with van der Waals surface area (Å²) in [6.45, 7) is 2.28. The van der Waals surface area contributed by atoms with Crippen LogP contribution < -0.4 is 0 Å². The summed E-state index contributed by atoms with van der Waals surface area (Å²) in [5.74, 6) is 0.459. The first kappa shape index (κ1) is 9.17. The fourth-order valence-corrected chi connectivity index (χ4v) is 0.552. The SMILES string of the molecule is C/C=C\N(C)C(=N)COC. The average molecular weight is 142 g/mol. The van der Waals surface area contributed by atoms with E-state index >= 15 is 0 Å². The molecular weight excluding hydrogens is 128 g/mol. The third kappa shape index (κ3) is 3.25. The van der Waals surface area contributed by atoms with Crippen LogP contribution in [0.1, 0.15) is 6.92 Å². The minimum Gasteiger partial charge on any atom is -0.377 e. The largest absolute Gasteiger partial charge is 0.377 e. The second-order valence-electron chi connectivity index (χ2n) is 1.97. The number of allylic oxidation sites excluding steroid dienone is 1. The van der Waals surface area contributed by atoms with Crippen molar-refractivity contribution in [3.05, 3.63) is 12.3 Å². The maximum atomic E-state index is 7.35. The number of likely N-dealkylation sites (N-methyl/N-ethyl adjacent to an activating group) is 1. The number of ether oxygens (including phenoxy) is 1. The van der Waals surface area contributed by atoms with E-state index in [-0.39, 0.29) is 0 Å². The zero-order chi connectivity index (χ0) is 7.98. The lowest BCUT2D eigenvalue weighted by atomic mass is 10.5. The van der Waals surface area contributed by atoms with Crippen LogP contribution >= 0.6 is 0 Å². The van der Waals surface area contributed by atoms with Crippen molar-refractivity contribution in [1.29, 1.82) is 5.41 Å². The summed E-state index contributed by atoms with van der Waals surface area (Å²) in [6, 6.07) is 0. The maximum absolute atomic E-state index is 7.35. The van der Waals surface area contributed by atoms with Crippen molar-refractivity contribution >= 4 is 5.84 Å². The van der Waals surface area contributed by atoms with Crippen molar-refractivity contribution in [2.45, 2.75) is 6.92 Å². The van der Waals surface area contributed by atoms with E-state index in [2.05, 4.69) is 0 Å². The van der Waals surface area contributed by atoms with Crippen LogP contribution in [0.5, 0.6) is 0 Å². The molecule has 0 saturated carbocycles. The standard InChI is InChI=1S/C7H14N2O/c1-4-5-9(2)7(8)6-10-3/h4-5,8H,6H2,1-3H3/b5-4-,8-7?. The molecule has 3 nitrogen and oxygen atoms in total. The highest BCUT2D eigenvalue weighted by molar-refractivity contribution is 5.80. The van der Waals surface area contributed by atoms with Crippen molar-refractivity contribution < 1.29 is 4.74 Å². The van der Waals surface area contributed by atoms with Gasteiger partial charge in [0, 0.05) is 20.4 Å². The Hall–Kier alpha value is -0.830. The molecule has 0 aromatic heterocycles. The third-order valence-corrected chi connectivity index (χ3v) is 1.08. The molecule has 0 unspecified atom stereocenters. The summed E-state index contributed by atoms with van der Waals surface area (Å²) in [6.07, 6.45) is 3.70. The van der Waals surface area contributed by atoms with Crippen LogP contribution in [0.15, 0.2) is 12.3 Å². The van der Waals surface area contributed by atoms with Crippen molar-refractivity contribution in [1.82, 2.24) is 4.90 Å². The third-order valence-electron chi connectivity index (χ3n) is 1.08. The molecule has 0 aliphatic rings. The zero-order valence-corrected chi connectivity index (χ0v) is 6.72. The van der Waals surface area contributed by atoms with Crippen LogP contribution in [-0.2, 0) is 4.74 Å². The molecule has 0 aliphatic carbocycles. The summed E-state index contributed by atoms with van der Waals surface area (Å²) >= 11 is 0. The van der Waals surface area contributed by atoms with Gasteiger partial charge in [0.25, 0.3) is 0 Å². The van der Waals surface area contributed by atoms with Crippen molar-refractivity contribution in [3.8, 4) is 0 Å². The van der Waals surface area contributed by atoms with Crippen molar-refractivity contribution in [3.63, 3.8) is 0 Å². The van der Waals surface area contributed by atoms with Crippen molar-refractivity contribution in [2.75, 3.05) is 20.8 Å². The second kappa shape index (κ2) is 4.99. The number of amidine groups is 1. The predicted octanol–water partition coefficient (Wildman–Crippen LogP) is 1.08. The molecule has 0 amide bonds. The molecule has 3 heteroatoms. The smallest absolute Gasteiger partial charge is 0.126 e. The van der Waals surface area contributed by atoms with Gasteiger partial charge in [-0.25, -0.2) is 0 Å². The van der Waals surface area contributed by atoms with Gasteiger partial charge in [-0.2, -0.15) is 0 Å².